The van der Waals surface area contributed by atoms with Gasteiger partial charge < -0.3 is 10.6 Å². The highest BCUT2D eigenvalue weighted by molar-refractivity contribution is 5.85. The number of hydrogen-bond donors (Lipinski definition) is 2. The molecule has 3 nitrogen and oxygen atoms in total. The normalized spacial score (nSPS) is 20.2. The summed E-state index contributed by atoms with van der Waals surface area (Å²) >= 11 is 0. The highest BCUT2D eigenvalue weighted by atomic mass is 35.5. The van der Waals surface area contributed by atoms with Crippen molar-refractivity contribution in [2.45, 2.75) is 51.4 Å². The summed E-state index contributed by atoms with van der Waals surface area (Å²) < 4.78 is 0. The monoisotopic (exact) mass is 274 g/mol. The SMILES string of the molecule is Cl.O=C(CNCC1CC1)NCCC1CCCCC1. The van der Waals surface area contributed by atoms with E-state index >= 15 is 0 Å². The van der Waals surface area contributed by atoms with E-state index in [1.54, 1.807) is 0 Å². The minimum atomic E-state index is 0. The number of carbonyl (C=O) groups is 1. The number of amides is 1. The second kappa shape index (κ2) is 8.76. The smallest absolute Gasteiger partial charge is 0.233 e. The van der Waals surface area contributed by atoms with Gasteiger partial charge in [-0.25, -0.2) is 0 Å². The predicted octanol–water partition coefficient (Wildman–Crippen LogP) is 2.49. The van der Waals surface area contributed by atoms with Gasteiger partial charge in [0.2, 0.25) is 5.91 Å². The summed E-state index contributed by atoms with van der Waals surface area (Å²) in [6.07, 6.45) is 10.8. The number of carbonyl (C=O) groups excluding carboxylic acids is 1. The van der Waals surface area contributed by atoms with E-state index in [0.29, 0.717) is 6.54 Å². The first kappa shape index (κ1) is 15.8. The highest BCUT2D eigenvalue weighted by Gasteiger charge is 2.20. The van der Waals surface area contributed by atoms with E-state index in [0.717, 1.165) is 24.9 Å². The van der Waals surface area contributed by atoms with Crippen LogP contribution in [0.2, 0.25) is 0 Å². The molecule has 0 radical (unpaired) electrons. The number of nitrogens with one attached hydrogen (secondary N) is 2. The third-order valence-corrected chi connectivity index (χ3v) is 4.01. The minimum absolute atomic E-state index is 0. The maximum Gasteiger partial charge on any atom is 0.233 e. The molecule has 106 valence electrons. The summed E-state index contributed by atoms with van der Waals surface area (Å²) in [5.41, 5.74) is 0. The molecule has 2 aliphatic rings. The Morgan fingerprint density at radius 3 is 2.39 bits per heavy atom. The summed E-state index contributed by atoms with van der Waals surface area (Å²) in [7, 11) is 0. The van der Waals surface area contributed by atoms with Gasteiger partial charge >= 0.3 is 0 Å². The molecular formula is C14H27ClN2O. The van der Waals surface area contributed by atoms with Gasteiger partial charge in [0.05, 0.1) is 6.54 Å². The van der Waals surface area contributed by atoms with E-state index in [1.807, 2.05) is 0 Å². The van der Waals surface area contributed by atoms with Gasteiger partial charge in [0.15, 0.2) is 0 Å². The summed E-state index contributed by atoms with van der Waals surface area (Å²) in [5, 5.41) is 6.25. The molecule has 0 heterocycles. The summed E-state index contributed by atoms with van der Waals surface area (Å²) in [6.45, 7) is 2.39. The van der Waals surface area contributed by atoms with Crippen LogP contribution in [0.1, 0.15) is 51.4 Å². The molecule has 0 aliphatic heterocycles. The van der Waals surface area contributed by atoms with Crippen LogP contribution in [-0.4, -0.2) is 25.5 Å². The fraction of sp³-hybridized carbons (Fsp3) is 0.929. The van der Waals surface area contributed by atoms with Gasteiger partial charge in [0.1, 0.15) is 0 Å². The Kier molecular flexibility index (Phi) is 7.68. The number of halogens is 1. The zero-order chi connectivity index (χ0) is 11.9. The summed E-state index contributed by atoms with van der Waals surface area (Å²) in [6, 6.07) is 0. The maximum atomic E-state index is 11.5. The fourth-order valence-corrected chi connectivity index (χ4v) is 2.67. The first-order chi connectivity index (χ1) is 8.34. The van der Waals surface area contributed by atoms with Crippen molar-refractivity contribution in [2.24, 2.45) is 11.8 Å². The van der Waals surface area contributed by atoms with E-state index in [1.165, 1.54) is 51.4 Å². The molecule has 18 heavy (non-hydrogen) atoms. The van der Waals surface area contributed by atoms with Crippen LogP contribution in [0.5, 0.6) is 0 Å². The van der Waals surface area contributed by atoms with Crippen molar-refractivity contribution < 1.29 is 4.79 Å². The van der Waals surface area contributed by atoms with Crippen LogP contribution in [0, 0.1) is 11.8 Å². The van der Waals surface area contributed by atoms with Crippen molar-refractivity contribution in [2.75, 3.05) is 19.6 Å². The lowest BCUT2D eigenvalue weighted by atomic mass is 9.87. The van der Waals surface area contributed by atoms with Crippen LogP contribution < -0.4 is 10.6 Å². The first-order valence-electron chi connectivity index (χ1n) is 7.32. The Bertz CT molecular complexity index is 238. The van der Waals surface area contributed by atoms with Crippen molar-refractivity contribution in [1.82, 2.24) is 10.6 Å². The molecule has 0 unspecified atom stereocenters. The largest absolute Gasteiger partial charge is 0.355 e. The zero-order valence-corrected chi connectivity index (χ0v) is 12.1. The van der Waals surface area contributed by atoms with E-state index in [4.69, 9.17) is 0 Å². The van der Waals surface area contributed by atoms with Crippen molar-refractivity contribution in [3.8, 4) is 0 Å². The Morgan fingerprint density at radius 2 is 1.72 bits per heavy atom. The van der Waals surface area contributed by atoms with Crippen LogP contribution in [-0.2, 0) is 4.79 Å². The molecule has 0 aromatic heterocycles. The van der Waals surface area contributed by atoms with E-state index < -0.39 is 0 Å². The van der Waals surface area contributed by atoms with Gasteiger partial charge in [-0.15, -0.1) is 12.4 Å². The molecule has 0 spiro atoms. The standard InChI is InChI=1S/C14H26N2O.ClH/c17-14(11-15-10-13-6-7-13)16-9-8-12-4-2-1-3-5-12;/h12-13,15H,1-11H2,(H,16,17);1H. The number of rotatable bonds is 7. The molecule has 2 N–H and O–H groups in total. The van der Waals surface area contributed by atoms with Gasteiger partial charge in [-0.2, -0.15) is 0 Å². The van der Waals surface area contributed by atoms with Gasteiger partial charge in [-0.1, -0.05) is 32.1 Å². The fourth-order valence-electron chi connectivity index (χ4n) is 2.67. The lowest BCUT2D eigenvalue weighted by Gasteiger charge is -2.21. The Morgan fingerprint density at radius 1 is 1.00 bits per heavy atom. The second-order valence-electron chi connectivity index (χ2n) is 5.72. The second-order valence-corrected chi connectivity index (χ2v) is 5.72. The highest BCUT2D eigenvalue weighted by Crippen LogP contribution is 2.27. The molecule has 4 heteroatoms. The van der Waals surface area contributed by atoms with Gasteiger partial charge in [-0.3, -0.25) is 4.79 Å². The third-order valence-electron chi connectivity index (χ3n) is 4.01. The minimum Gasteiger partial charge on any atom is -0.355 e. The lowest BCUT2D eigenvalue weighted by molar-refractivity contribution is -0.120. The molecule has 2 fully saturated rings. The number of hydrogen-bond acceptors (Lipinski definition) is 2. The quantitative estimate of drug-likeness (QED) is 0.749. The average molecular weight is 275 g/mol. The van der Waals surface area contributed by atoms with Crippen molar-refractivity contribution >= 4 is 18.3 Å². The predicted molar refractivity (Wildman–Crippen MR) is 77.0 cm³/mol. The molecule has 0 atom stereocenters. The van der Waals surface area contributed by atoms with Crippen molar-refractivity contribution in [1.29, 1.82) is 0 Å². The van der Waals surface area contributed by atoms with Gasteiger partial charge in [0.25, 0.3) is 0 Å². The third kappa shape index (κ3) is 6.60. The molecule has 0 bridgehead atoms. The molecule has 0 saturated heterocycles. The molecule has 2 aliphatic carbocycles. The molecule has 0 aromatic carbocycles. The van der Waals surface area contributed by atoms with Crippen LogP contribution >= 0.6 is 12.4 Å². The lowest BCUT2D eigenvalue weighted by Crippen LogP contribution is -2.35. The van der Waals surface area contributed by atoms with Gasteiger partial charge in [0, 0.05) is 6.54 Å². The van der Waals surface area contributed by atoms with Crippen molar-refractivity contribution in [3.63, 3.8) is 0 Å². The van der Waals surface area contributed by atoms with Crippen LogP contribution in [0.4, 0.5) is 0 Å². The molecular weight excluding hydrogens is 248 g/mol. The maximum absolute atomic E-state index is 11.5. The average Bonchev–Trinajstić information content (AvgIpc) is 3.14. The van der Waals surface area contributed by atoms with Crippen LogP contribution in [0.25, 0.3) is 0 Å². The molecule has 0 aromatic rings. The van der Waals surface area contributed by atoms with Crippen LogP contribution in [0.15, 0.2) is 0 Å². The Balaban J connectivity index is 0.00000162. The molecule has 2 saturated carbocycles. The van der Waals surface area contributed by atoms with Crippen LogP contribution in [0.3, 0.4) is 0 Å². The van der Waals surface area contributed by atoms with Crippen molar-refractivity contribution in [3.05, 3.63) is 0 Å². The van der Waals surface area contributed by atoms with Gasteiger partial charge in [-0.05, 0) is 37.6 Å². The summed E-state index contributed by atoms with van der Waals surface area (Å²) in [5.74, 6) is 1.88. The molecule has 2 rings (SSSR count). The van der Waals surface area contributed by atoms with E-state index in [9.17, 15) is 4.79 Å². The summed E-state index contributed by atoms with van der Waals surface area (Å²) in [4.78, 5) is 11.5. The topological polar surface area (TPSA) is 41.1 Å². The Labute approximate surface area is 117 Å². The van der Waals surface area contributed by atoms with E-state index in [-0.39, 0.29) is 18.3 Å². The Hall–Kier alpha value is -0.280. The zero-order valence-electron chi connectivity index (χ0n) is 11.2. The van der Waals surface area contributed by atoms with E-state index in [2.05, 4.69) is 10.6 Å². The molecule has 1 amide bonds. The first-order valence-corrected chi connectivity index (χ1v) is 7.32.